The van der Waals surface area contributed by atoms with E-state index in [2.05, 4.69) is 28.1 Å². The van der Waals surface area contributed by atoms with Gasteiger partial charge in [-0.15, -0.1) is 0 Å². The average Bonchev–Trinajstić information content (AvgIpc) is 2.48. The van der Waals surface area contributed by atoms with Gasteiger partial charge in [-0.3, -0.25) is 0 Å². The number of hydrogen-bond donors (Lipinski definition) is 1. The van der Waals surface area contributed by atoms with E-state index in [1.54, 1.807) is 13.0 Å². The maximum atomic E-state index is 9.92. The Morgan fingerprint density at radius 3 is 2.62 bits per heavy atom. The van der Waals surface area contributed by atoms with Crippen molar-refractivity contribution in [2.24, 2.45) is 0 Å². The lowest BCUT2D eigenvalue weighted by Crippen LogP contribution is -2.19. The van der Waals surface area contributed by atoms with Crippen molar-refractivity contribution >= 4 is 21.6 Å². The molecule has 0 aromatic heterocycles. The van der Waals surface area contributed by atoms with E-state index in [0.29, 0.717) is 12.1 Å². The van der Waals surface area contributed by atoms with Crippen molar-refractivity contribution in [2.45, 2.75) is 19.6 Å². The van der Waals surface area contributed by atoms with Crippen LogP contribution in [0.4, 0.5) is 5.69 Å². The van der Waals surface area contributed by atoms with Crippen molar-refractivity contribution in [2.75, 3.05) is 11.9 Å². The zero-order valence-electron chi connectivity index (χ0n) is 12.0. The minimum absolute atomic E-state index is 0.575. The average molecular weight is 345 g/mol. The quantitative estimate of drug-likeness (QED) is 0.911. The second-order valence-corrected chi connectivity index (χ2v) is 5.86. The van der Waals surface area contributed by atoms with Crippen molar-refractivity contribution in [3.05, 3.63) is 63.6 Å². The number of aliphatic hydroxyl groups is 1. The molecule has 0 saturated carbocycles. The molecule has 1 N–H and O–H groups in total. The van der Waals surface area contributed by atoms with Gasteiger partial charge >= 0.3 is 0 Å². The molecule has 0 bridgehead atoms. The van der Waals surface area contributed by atoms with Gasteiger partial charge in [0, 0.05) is 29.3 Å². The Kier molecular flexibility index (Phi) is 5.00. The molecule has 0 aliphatic rings. The third kappa shape index (κ3) is 3.63. The molecule has 4 heteroatoms. The van der Waals surface area contributed by atoms with Crippen molar-refractivity contribution < 1.29 is 5.11 Å². The summed E-state index contributed by atoms with van der Waals surface area (Å²) in [6, 6.07) is 15.5. The first-order chi connectivity index (χ1) is 10.0. The number of benzene rings is 2. The number of nitriles is 1. The Morgan fingerprint density at radius 1 is 1.29 bits per heavy atom. The van der Waals surface area contributed by atoms with Gasteiger partial charge in [0.25, 0.3) is 0 Å². The fourth-order valence-electron chi connectivity index (χ4n) is 2.26. The smallest absolute Gasteiger partial charge is 0.0992 e. The number of anilines is 1. The van der Waals surface area contributed by atoms with Crippen LogP contribution in [0.5, 0.6) is 0 Å². The predicted molar refractivity (Wildman–Crippen MR) is 88.0 cm³/mol. The molecule has 0 fully saturated rings. The maximum Gasteiger partial charge on any atom is 0.0992 e. The first kappa shape index (κ1) is 15.6. The molecule has 2 aromatic rings. The number of nitrogens with zero attached hydrogens (tertiary/aromatic N) is 2. The van der Waals surface area contributed by atoms with Gasteiger partial charge in [-0.25, -0.2) is 0 Å². The molecule has 21 heavy (non-hydrogen) atoms. The minimum Gasteiger partial charge on any atom is -0.389 e. The Labute approximate surface area is 133 Å². The summed E-state index contributed by atoms with van der Waals surface area (Å²) in [4.78, 5) is 2.04. The standard InChI is InChI=1S/C17H17BrN2O/c1-12(21)15-8-7-13(10-19)9-17(15)20(2)11-14-5-3-4-6-16(14)18/h3-9,12,21H,11H2,1-2H3. The summed E-state index contributed by atoms with van der Waals surface area (Å²) >= 11 is 3.54. The van der Waals surface area contributed by atoms with E-state index in [1.807, 2.05) is 42.3 Å². The highest BCUT2D eigenvalue weighted by molar-refractivity contribution is 9.10. The van der Waals surface area contributed by atoms with Gasteiger partial charge in [-0.2, -0.15) is 5.26 Å². The topological polar surface area (TPSA) is 47.3 Å². The van der Waals surface area contributed by atoms with E-state index in [1.165, 1.54) is 0 Å². The zero-order valence-corrected chi connectivity index (χ0v) is 13.6. The summed E-state index contributed by atoms with van der Waals surface area (Å²) in [6.07, 6.45) is -0.575. The normalized spacial score (nSPS) is 11.8. The van der Waals surface area contributed by atoms with Gasteiger partial charge in [0.1, 0.15) is 0 Å². The van der Waals surface area contributed by atoms with Crippen LogP contribution in [-0.4, -0.2) is 12.2 Å². The first-order valence-electron chi connectivity index (χ1n) is 6.69. The first-order valence-corrected chi connectivity index (χ1v) is 7.49. The molecule has 0 amide bonds. The molecule has 0 aliphatic carbocycles. The zero-order chi connectivity index (χ0) is 15.4. The van der Waals surface area contributed by atoms with Crippen LogP contribution >= 0.6 is 15.9 Å². The van der Waals surface area contributed by atoms with Crippen molar-refractivity contribution in [1.29, 1.82) is 5.26 Å². The number of hydrogen-bond acceptors (Lipinski definition) is 3. The minimum atomic E-state index is -0.575. The monoisotopic (exact) mass is 344 g/mol. The third-order valence-corrected chi connectivity index (χ3v) is 4.16. The van der Waals surface area contributed by atoms with Gasteiger partial charge in [-0.05, 0) is 30.7 Å². The van der Waals surface area contributed by atoms with Crippen LogP contribution in [0, 0.1) is 11.3 Å². The highest BCUT2D eigenvalue weighted by atomic mass is 79.9. The summed E-state index contributed by atoms with van der Waals surface area (Å²) < 4.78 is 1.05. The van der Waals surface area contributed by atoms with Gasteiger partial charge in [0.15, 0.2) is 0 Å². The third-order valence-electron chi connectivity index (χ3n) is 3.39. The molecule has 108 valence electrons. The Hall–Kier alpha value is -1.83. The summed E-state index contributed by atoms with van der Waals surface area (Å²) in [6.45, 7) is 2.42. The molecule has 2 aromatic carbocycles. The van der Waals surface area contributed by atoms with Gasteiger partial charge in [0.2, 0.25) is 0 Å². The van der Waals surface area contributed by atoms with Crippen LogP contribution in [0.1, 0.15) is 29.7 Å². The lowest BCUT2D eigenvalue weighted by atomic mass is 10.0. The van der Waals surface area contributed by atoms with E-state index in [9.17, 15) is 5.11 Å². The van der Waals surface area contributed by atoms with Gasteiger partial charge in [0.05, 0.1) is 17.7 Å². The van der Waals surface area contributed by atoms with E-state index in [0.717, 1.165) is 21.3 Å². The van der Waals surface area contributed by atoms with E-state index in [-0.39, 0.29) is 0 Å². The van der Waals surface area contributed by atoms with Crippen LogP contribution in [-0.2, 0) is 6.54 Å². The highest BCUT2D eigenvalue weighted by Gasteiger charge is 2.13. The van der Waals surface area contributed by atoms with Crippen LogP contribution < -0.4 is 4.90 Å². The second kappa shape index (κ2) is 6.75. The molecule has 1 unspecified atom stereocenters. The molecular weight excluding hydrogens is 328 g/mol. The van der Waals surface area contributed by atoms with Crippen LogP contribution in [0.15, 0.2) is 46.9 Å². The molecule has 3 nitrogen and oxygen atoms in total. The van der Waals surface area contributed by atoms with Crippen molar-refractivity contribution in [3.63, 3.8) is 0 Å². The van der Waals surface area contributed by atoms with E-state index >= 15 is 0 Å². The summed E-state index contributed by atoms with van der Waals surface area (Å²) in [5.41, 5.74) is 3.44. The lowest BCUT2D eigenvalue weighted by Gasteiger charge is -2.24. The SMILES string of the molecule is CC(O)c1ccc(C#N)cc1N(C)Cc1ccccc1Br. The lowest BCUT2D eigenvalue weighted by molar-refractivity contribution is 0.199. The van der Waals surface area contributed by atoms with Gasteiger partial charge in [-0.1, -0.05) is 40.2 Å². The largest absolute Gasteiger partial charge is 0.389 e. The van der Waals surface area contributed by atoms with Crippen molar-refractivity contribution in [3.8, 4) is 6.07 Å². The predicted octanol–water partition coefficient (Wildman–Crippen LogP) is 4.01. The summed E-state index contributed by atoms with van der Waals surface area (Å²) in [5.74, 6) is 0. The molecule has 0 saturated heterocycles. The molecule has 0 spiro atoms. The molecule has 0 heterocycles. The Balaban J connectivity index is 2.36. The number of aliphatic hydroxyl groups excluding tert-OH is 1. The van der Waals surface area contributed by atoms with Crippen LogP contribution in [0.25, 0.3) is 0 Å². The maximum absolute atomic E-state index is 9.92. The second-order valence-electron chi connectivity index (χ2n) is 5.01. The van der Waals surface area contributed by atoms with E-state index in [4.69, 9.17) is 5.26 Å². The number of rotatable bonds is 4. The van der Waals surface area contributed by atoms with Crippen molar-refractivity contribution in [1.82, 2.24) is 0 Å². The van der Waals surface area contributed by atoms with E-state index < -0.39 is 6.10 Å². The number of halogens is 1. The fraction of sp³-hybridized carbons (Fsp3) is 0.235. The Morgan fingerprint density at radius 2 is 2.00 bits per heavy atom. The summed E-state index contributed by atoms with van der Waals surface area (Å²) in [5, 5.41) is 19.0. The molecule has 0 aliphatic heterocycles. The fourth-order valence-corrected chi connectivity index (χ4v) is 2.67. The Bertz CT molecular complexity index is 677. The molecule has 0 radical (unpaired) electrons. The molecular formula is C17H17BrN2O. The van der Waals surface area contributed by atoms with Gasteiger partial charge < -0.3 is 10.0 Å². The van der Waals surface area contributed by atoms with Crippen LogP contribution in [0.3, 0.4) is 0 Å². The highest BCUT2D eigenvalue weighted by Crippen LogP contribution is 2.29. The van der Waals surface area contributed by atoms with Crippen LogP contribution in [0.2, 0.25) is 0 Å². The summed E-state index contributed by atoms with van der Waals surface area (Å²) in [7, 11) is 1.96. The molecule has 1 atom stereocenters. The molecule has 2 rings (SSSR count).